The van der Waals surface area contributed by atoms with Crippen molar-refractivity contribution in [3.05, 3.63) is 102 Å². The molecule has 0 aliphatic carbocycles. The number of hydrogen-bond donors (Lipinski definition) is 2. The monoisotopic (exact) mass is 448 g/mol. The van der Waals surface area contributed by atoms with Crippen LogP contribution < -0.4 is 10.6 Å². The van der Waals surface area contributed by atoms with Crippen molar-refractivity contribution in [2.45, 2.75) is 26.0 Å². The maximum Gasteiger partial charge on any atom is 0.334 e. The topological polar surface area (TPSA) is 84.5 Å². The van der Waals surface area contributed by atoms with Gasteiger partial charge >= 0.3 is 5.97 Å². The van der Waals surface area contributed by atoms with Crippen LogP contribution in [0.3, 0.4) is 0 Å². The number of carbonyl (C=O) groups excluding carboxylic acids is 3. The second kappa shape index (κ2) is 11.0. The summed E-state index contributed by atoms with van der Waals surface area (Å²) in [6.07, 6.45) is -1.12. The average molecular weight is 448 g/mol. The molecule has 7 heteroatoms. The van der Waals surface area contributed by atoms with Crippen LogP contribution in [0, 0.1) is 11.7 Å². The van der Waals surface area contributed by atoms with Crippen LogP contribution in [0.1, 0.15) is 35.8 Å². The number of halogens is 1. The van der Waals surface area contributed by atoms with Crippen molar-refractivity contribution in [2.75, 3.05) is 5.32 Å². The van der Waals surface area contributed by atoms with Gasteiger partial charge in [0.25, 0.3) is 11.8 Å². The fourth-order valence-electron chi connectivity index (χ4n) is 3.16. The van der Waals surface area contributed by atoms with Gasteiger partial charge in [-0.1, -0.05) is 62.4 Å². The van der Waals surface area contributed by atoms with Gasteiger partial charge in [-0.25, -0.2) is 9.18 Å². The normalized spacial score (nSPS) is 12.5. The smallest absolute Gasteiger partial charge is 0.334 e. The minimum atomic E-state index is -1.12. The summed E-state index contributed by atoms with van der Waals surface area (Å²) in [5, 5.41) is 5.33. The van der Waals surface area contributed by atoms with Crippen molar-refractivity contribution in [1.82, 2.24) is 5.32 Å². The average Bonchev–Trinajstić information content (AvgIpc) is 2.83. The molecule has 3 aromatic carbocycles. The number of ether oxygens (including phenoxy) is 1. The first kappa shape index (κ1) is 23.7. The fraction of sp³-hybridized carbons (Fsp3) is 0.192. The van der Waals surface area contributed by atoms with Crippen molar-refractivity contribution in [3.63, 3.8) is 0 Å². The number of esters is 1. The lowest BCUT2D eigenvalue weighted by Crippen LogP contribution is -2.41. The Balaban J connectivity index is 1.79. The first-order chi connectivity index (χ1) is 15.8. The van der Waals surface area contributed by atoms with Crippen LogP contribution in [0.15, 0.2) is 84.9 Å². The zero-order chi connectivity index (χ0) is 23.8. The van der Waals surface area contributed by atoms with Gasteiger partial charge in [0.1, 0.15) is 5.82 Å². The number of benzene rings is 3. The maximum atomic E-state index is 13.2. The molecule has 3 aromatic rings. The Kier molecular flexibility index (Phi) is 7.91. The van der Waals surface area contributed by atoms with E-state index in [2.05, 4.69) is 10.6 Å². The third kappa shape index (κ3) is 6.49. The molecule has 0 spiro atoms. The molecule has 0 aliphatic rings. The predicted molar refractivity (Wildman–Crippen MR) is 123 cm³/mol. The van der Waals surface area contributed by atoms with Crippen LogP contribution in [0.2, 0.25) is 0 Å². The second-order valence-corrected chi connectivity index (χ2v) is 7.78. The second-order valence-electron chi connectivity index (χ2n) is 7.78. The predicted octanol–water partition coefficient (Wildman–Crippen LogP) is 4.50. The molecule has 2 N–H and O–H groups in total. The third-order valence-electron chi connectivity index (χ3n) is 4.90. The summed E-state index contributed by atoms with van der Waals surface area (Å²) in [6.45, 7) is 3.48. The summed E-state index contributed by atoms with van der Waals surface area (Å²) in [5.74, 6) is -2.54. The van der Waals surface area contributed by atoms with Crippen molar-refractivity contribution in [2.24, 2.45) is 5.92 Å². The minimum absolute atomic E-state index is 0.351. The number of carbonyl (C=O) groups is 3. The number of rotatable bonds is 8. The van der Waals surface area contributed by atoms with Crippen LogP contribution in [0.5, 0.6) is 0 Å². The lowest BCUT2D eigenvalue weighted by molar-refractivity contribution is -0.158. The van der Waals surface area contributed by atoms with E-state index in [0.29, 0.717) is 16.8 Å². The molecular formula is C26H25FN2O4. The largest absolute Gasteiger partial charge is 0.450 e. The van der Waals surface area contributed by atoms with Gasteiger partial charge in [-0.15, -0.1) is 0 Å². The van der Waals surface area contributed by atoms with E-state index in [0.717, 1.165) is 0 Å². The van der Waals surface area contributed by atoms with Gasteiger partial charge in [-0.3, -0.25) is 9.59 Å². The summed E-state index contributed by atoms with van der Waals surface area (Å²) in [6, 6.07) is 21.3. The molecule has 3 rings (SSSR count). The molecule has 170 valence electrons. The molecule has 2 amide bonds. The zero-order valence-corrected chi connectivity index (χ0v) is 18.3. The van der Waals surface area contributed by atoms with E-state index >= 15 is 0 Å². The molecule has 0 bridgehead atoms. The van der Waals surface area contributed by atoms with Crippen molar-refractivity contribution >= 4 is 23.5 Å². The standard InChI is InChI=1S/C26H25FN2O4/c1-17(2)23(25(31)28-21-15-13-20(27)14-16-21)33-26(32)22(18-9-5-3-6-10-18)29-24(30)19-11-7-4-8-12-19/h3-17,22-23H,1-2H3,(H,28,31)(H,29,30)/t22-,23+/m1/s1. The van der Waals surface area contributed by atoms with Gasteiger partial charge in [0, 0.05) is 11.3 Å². The molecule has 33 heavy (non-hydrogen) atoms. The Morgan fingerprint density at radius 2 is 1.39 bits per heavy atom. The first-order valence-corrected chi connectivity index (χ1v) is 10.5. The molecule has 0 saturated carbocycles. The highest BCUT2D eigenvalue weighted by Gasteiger charge is 2.32. The van der Waals surface area contributed by atoms with Crippen LogP contribution in [0.25, 0.3) is 0 Å². The van der Waals surface area contributed by atoms with Gasteiger partial charge < -0.3 is 15.4 Å². The van der Waals surface area contributed by atoms with Crippen molar-refractivity contribution < 1.29 is 23.5 Å². The third-order valence-corrected chi connectivity index (χ3v) is 4.90. The Morgan fingerprint density at radius 1 is 0.818 bits per heavy atom. The molecule has 0 saturated heterocycles. The summed E-state index contributed by atoms with van der Waals surface area (Å²) in [7, 11) is 0. The van der Waals surface area contributed by atoms with E-state index in [1.807, 2.05) is 0 Å². The lowest BCUT2D eigenvalue weighted by Gasteiger charge is -2.24. The minimum Gasteiger partial charge on any atom is -0.450 e. The number of hydrogen-bond acceptors (Lipinski definition) is 4. The zero-order valence-electron chi connectivity index (χ0n) is 18.3. The molecular weight excluding hydrogens is 423 g/mol. The van der Waals surface area contributed by atoms with Gasteiger partial charge in [-0.2, -0.15) is 0 Å². The van der Waals surface area contributed by atoms with Crippen LogP contribution >= 0.6 is 0 Å². The Morgan fingerprint density at radius 3 is 1.97 bits per heavy atom. The highest BCUT2D eigenvalue weighted by Crippen LogP contribution is 2.20. The van der Waals surface area contributed by atoms with E-state index in [1.54, 1.807) is 74.5 Å². The van der Waals surface area contributed by atoms with Crippen LogP contribution in [-0.4, -0.2) is 23.9 Å². The highest BCUT2D eigenvalue weighted by molar-refractivity contribution is 5.98. The summed E-state index contributed by atoms with van der Waals surface area (Å²) < 4.78 is 18.7. The van der Waals surface area contributed by atoms with E-state index < -0.39 is 35.7 Å². The number of anilines is 1. The Labute approximate surface area is 191 Å². The van der Waals surface area contributed by atoms with E-state index in [4.69, 9.17) is 4.74 Å². The van der Waals surface area contributed by atoms with Gasteiger partial charge in [0.2, 0.25) is 0 Å². The molecule has 0 aliphatic heterocycles. The SMILES string of the molecule is CC(C)[C@H](OC(=O)[C@H](NC(=O)c1ccccc1)c1ccccc1)C(=O)Nc1ccc(F)cc1. The Bertz CT molecular complexity index is 1090. The molecule has 6 nitrogen and oxygen atoms in total. The summed E-state index contributed by atoms with van der Waals surface area (Å²) in [4.78, 5) is 38.7. The van der Waals surface area contributed by atoms with Crippen molar-refractivity contribution in [3.8, 4) is 0 Å². The van der Waals surface area contributed by atoms with E-state index in [9.17, 15) is 18.8 Å². The van der Waals surface area contributed by atoms with Gasteiger partial charge in [0.15, 0.2) is 12.1 Å². The highest BCUT2D eigenvalue weighted by atomic mass is 19.1. The van der Waals surface area contributed by atoms with E-state index in [1.165, 1.54) is 24.3 Å². The molecule has 0 aromatic heterocycles. The Hall–Kier alpha value is -4.00. The molecule has 0 unspecified atom stereocenters. The first-order valence-electron chi connectivity index (χ1n) is 10.5. The quantitative estimate of drug-likeness (QED) is 0.497. The van der Waals surface area contributed by atoms with Gasteiger partial charge in [-0.05, 0) is 47.9 Å². The summed E-state index contributed by atoms with van der Waals surface area (Å²) in [5.41, 5.74) is 1.29. The summed E-state index contributed by atoms with van der Waals surface area (Å²) >= 11 is 0. The maximum absolute atomic E-state index is 13.2. The van der Waals surface area contributed by atoms with Crippen molar-refractivity contribution in [1.29, 1.82) is 0 Å². The van der Waals surface area contributed by atoms with E-state index in [-0.39, 0.29) is 5.92 Å². The lowest BCUT2D eigenvalue weighted by atomic mass is 10.0. The van der Waals surface area contributed by atoms with Crippen LogP contribution in [0.4, 0.5) is 10.1 Å². The molecule has 2 atom stereocenters. The number of nitrogens with one attached hydrogen (secondary N) is 2. The van der Waals surface area contributed by atoms with Gasteiger partial charge in [0.05, 0.1) is 0 Å². The molecule has 0 fully saturated rings. The van der Waals surface area contributed by atoms with Crippen LogP contribution in [-0.2, 0) is 14.3 Å². The molecule has 0 heterocycles. The number of amides is 2. The molecule has 0 radical (unpaired) electrons. The fourth-order valence-corrected chi connectivity index (χ4v) is 3.16.